The molecule has 0 amide bonds. The van der Waals surface area contributed by atoms with E-state index in [-0.39, 0.29) is 0 Å². The molecule has 15 heavy (non-hydrogen) atoms. The molecule has 0 aliphatic carbocycles. The van der Waals surface area contributed by atoms with Crippen LogP contribution < -0.4 is 0 Å². The van der Waals surface area contributed by atoms with E-state index in [2.05, 4.69) is 18.7 Å². The summed E-state index contributed by atoms with van der Waals surface area (Å²) in [5, 5.41) is 0. The van der Waals surface area contributed by atoms with Crippen molar-refractivity contribution in [1.82, 2.24) is 4.90 Å². The smallest absolute Gasteiger partial charge is 0.146 e. The molecule has 0 spiro atoms. The molecular weight excluding hydrogens is 186 g/mol. The van der Waals surface area contributed by atoms with Crippen LogP contribution in [0.3, 0.4) is 0 Å². The molecule has 1 rings (SSSR count). The van der Waals surface area contributed by atoms with Gasteiger partial charge in [-0.1, -0.05) is 26.7 Å². The van der Waals surface area contributed by atoms with Gasteiger partial charge in [-0.3, -0.25) is 9.69 Å². The predicted octanol–water partition coefficient (Wildman–Crippen LogP) is 3.01. The molecule has 1 heterocycles. The molecule has 0 aromatic heterocycles. The minimum Gasteiger partial charge on any atom is -0.298 e. The van der Waals surface area contributed by atoms with Gasteiger partial charge < -0.3 is 0 Å². The molecule has 88 valence electrons. The summed E-state index contributed by atoms with van der Waals surface area (Å²) in [7, 11) is 0. The lowest BCUT2D eigenvalue weighted by Gasteiger charge is -2.28. The van der Waals surface area contributed by atoms with Crippen molar-refractivity contribution in [3.05, 3.63) is 0 Å². The molecule has 2 heteroatoms. The average Bonchev–Trinajstić information content (AvgIpc) is 2.43. The maximum absolute atomic E-state index is 11.6. The Morgan fingerprint density at radius 3 is 2.73 bits per heavy atom. The molecule has 1 atom stereocenters. The van der Waals surface area contributed by atoms with Gasteiger partial charge in [0.05, 0.1) is 6.54 Å². The molecule has 0 aromatic carbocycles. The average molecular weight is 211 g/mol. The molecule has 0 radical (unpaired) electrons. The van der Waals surface area contributed by atoms with Crippen LogP contribution in [0, 0.1) is 0 Å². The summed E-state index contributed by atoms with van der Waals surface area (Å²) in [5.74, 6) is 0.429. The van der Waals surface area contributed by atoms with Crippen molar-refractivity contribution in [2.24, 2.45) is 0 Å². The van der Waals surface area contributed by atoms with Crippen LogP contribution in [0.15, 0.2) is 0 Å². The summed E-state index contributed by atoms with van der Waals surface area (Å²) in [6.45, 7) is 6.16. The van der Waals surface area contributed by atoms with E-state index >= 15 is 0 Å². The second-order valence-corrected chi connectivity index (χ2v) is 4.67. The minimum absolute atomic E-state index is 0.429. The molecule has 1 fully saturated rings. The normalized spacial score (nSPS) is 23.7. The number of rotatable bonds is 5. The number of carbonyl (C=O) groups is 1. The third-order valence-electron chi connectivity index (χ3n) is 3.38. The fourth-order valence-corrected chi connectivity index (χ4v) is 2.49. The lowest BCUT2D eigenvalue weighted by molar-refractivity contribution is -0.120. The first-order chi connectivity index (χ1) is 7.27. The van der Waals surface area contributed by atoms with E-state index in [1.54, 1.807) is 0 Å². The number of hydrogen-bond donors (Lipinski definition) is 0. The van der Waals surface area contributed by atoms with Crippen molar-refractivity contribution in [1.29, 1.82) is 0 Å². The highest BCUT2D eigenvalue weighted by molar-refractivity contribution is 5.80. The van der Waals surface area contributed by atoms with Crippen LogP contribution in [-0.4, -0.2) is 29.8 Å². The van der Waals surface area contributed by atoms with Crippen LogP contribution in [0.4, 0.5) is 0 Å². The molecular formula is C13H25NO. The van der Waals surface area contributed by atoms with Gasteiger partial charge in [0.25, 0.3) is 0 Å². The third kappa shape index (κ3) is 4.33. The Balaban J connectivity index is 2.43. The monoisotopic (exact) mass is 211 g/mol. The molecule has 0 aromatic rings. The molecule has 1 aliphatic rings. The van der Waals surface area contributed by atoms with Crippen molar-refractivity contribution in [2.75, 3.05) is 13.1 Å². The Labute approximate surface area is 94.0 Å². The minimum atomic E-state index is 0.429. The van der Waals surface area contributed by atoms with Gasteiger partial charge in [0.15, 0.2) is 0 Å². The van der Waals surface area contributed by atoms with Gasteiger partial charge in [-0.15, -0.1) is 0 Å². The first-order valence-electron chi connectivity index (χ1n) is 6.53. The maximum Gasteiger partial charge on any atom is 0.146 e. The van der Waals surface area contributed by atoms with Crippen LogP contribution in [-0.2, 0) is 4.79 Å². The number of ketones is 1. The Kier molecular flexibility index (Phi) is 5.92. The van der Waals surface area contributed by atoms with Gasteiger partial charge in [-0.2, -0.15) is 0 Å². The molecule has 1 unspecified atom stereocenters. The van der Waals surface area contributed by atoms with E-state index in [9.17, 15) is 4.79 Å². The fraction of sp³-hybridized carbons (Fsp3) is 0.923. The molecule has 2 nitrogen and oxygen atoms in total. The van der Waals surface area contributed by atoms with Gasteiger partial charge >= 0.3 is 0 Å². The predicted molar refractivity (Wildman–Crippen MR) is 64.0 cm³/mol. The number of likely N-dealkylation sites (tertiary alicyclic amines) is 1. The zero-order chi connectivity index (χ0) is 11.1. The van der Waals surface area contributed by atoms with Gasteiger partial charge in [0.2, 0.25) is 0 Å². The Hall–Kier alpha value is -0.370. The summed E-state index contributed by atoms with van der Waals surface area (Å²) >= 11 is 0. The van der Waals surface area contributed by atoms with Crippen molar-refractivity contribution in [3.63, 3.8) is 0 Å². The summed E-state index contributed by atoms with van der Waals surface area (Å²) in [4.78, 5) is 14.1. The summed E-state index contributed by atoms with van der Waals surface area (Å²) < 4.78 is 0. The fourth-order valence-electron chi connectivity index (χ4n) is 2.49. The molecule has 1 aliphatic heterocycles. The van der Waals surface area contributed by atoms with E-state index in [4.69, 9.17) is 0 Å². The van der Waals surface area contributed by atoms with Crippen molar-refractivity contribution >= 4 is 5.78 Å². The third-order valence-corrected chi connectivity index (χ3v) is 3.38. The standard InChI is InChI=1S/C13H25NO/c1-3-8-13(15)11-14-10-7-5-6-9-12(14)4-2/h12H,3-11H2,1-2H3. The second-order valence-electron chi connectivity index (χ2n) is 4.67. The van der Waals surface area contributed by atoms with E-state index in [1.165, 1.54) is 32.1 Å². The van der Waals surface area contributed by atoms with Crippen LogP contribution in [0.5, 0.6) is 0 Å². The van der Waals surface area contributed by atoms with Gasteiger partial charge in [0, 0.05) is 12.5 Å². The van der Waals surface area contributed by atoms with E-state index in [0.717, 1.165) is 19.4 Å². The van der Waals surface area contributed by atoms with E-state index < -0.39 is 0 Å². The summed E-state index contributed by atoms with van der Waals surface area (Å²) in [6.07, 6.45) is 8.19. The highest BCUT2D eigenvalue weighted by Crippen LogP contribution is 2.18. The molecule has 0 saturated carbocycles. The molecule has 0 bridgehead atoms. The second kappa shape index (κ2) is 7.00. The summed E-state index contributed by atoms with van der Waals surface area (Å²) in [5.41, 5.74) is 0. The van der Waals surface area contributed by atoms with Crippen LogP contribution in [0.1, 0.15) is 58.8 Å². The van der Waals surface area contributed by atoms with Gasteiger partial charge in [-0.05, 0) is 32.2 Å². The largest absolute Gasteiger partial charge is 0.298 e. The van der Waals surface area contributed by atoms with Crippen molar-refractivity contribution < 1.29 is 4.79 Å². The number of Topliss-reactive ketones (excluding diaryl/α,β-unsaturated/α-hetero) is 1. The lowest BCUT2D eigenvalue weighted by Crippen LogP contribution is -2.38. The van der Waals surface area contributed by atoms with Gasteiger partial charge in [0.1, 0.15) is 5.78 Å². The first kappa shape index (κ1) is 12.7. The van der Waals surface area contributed by atoms with E-state index in [1.807, 2.05) is 0 Å². The Morgan fingerprint density at radius 1 is 1.27 bits per heavy atom. The lowest BCUT2D eigenvalue weighted by atomic mass is 10.1. The highest BCUT2D eigenvalue weighted by atomic mass is 16.1. The topological polar surface area (TPSA) is 20.3 Å². The SMILES string of the molecule is CCCC(=O)CN1CCCCCC1CC. The Morgan fingerprint density at radius 2 is 2.07 bits per heavy atom. The maximum atomic E-state index is 11.6. The van der Waals surface area contributed by atoms with Gasteiger partial charge in [-0.25, -0.2) is 0 Å². The zero-order valence-electron chi connectivity index (χ0n) is 10.3. The zero-order valence-corrected chi connectivity index (χ0v) is 10.3. The molecule has 1 saturated heterocycles. The van der Waals surface area contributed by atoms with E-state index in [0.29, 0.717) is 18.4 Å². The summed E-state index contributed by atoms with van der Waals surface area (Å²) in [6, 6.07) is 0.660. The highest BCUT2D eigenvalue weighted by Gasteiger charge is 2.20. The quantitative estimate of drug-likeness (QED) is 0.696. The first-order valence-corrected chi connectivity index (χ1v) is 6.53. The Bertz CT molecular complexity index is 191. The number of nitrogens with zero attached hydrogens (tertiary/aromatic N) is 1. The van der Waals surface area contributed by atoms with Crippen molar-refractivity contribution in [2.45, 2.75) is 64.8 Å². The number of hydrogen-bond acceptors (Lipinski definition) is 2. The van der Waals surface area contributed by atoms with Crippen molar-refractivity contribution in [3.8, 4) is 0 Å². The number of carbonyl (C=O) groups excluding carboxylic acids is 1. The van der Waals surface area contributed by atoms with Crippen LogP contribution in [0.2, 0.25) is 0 Å². The van der Waals surface area contributed by atoms with Crippen LogP contribution >= 0.6 is 0 Å². The van der Waals surface area contributed by atoms with Crippen LogP contribution in [0.25, 0.3) is 0 Å². The molecule has 0 N–H and O–H groups in total.